The zero-order valence-corrected chi connectivity index (χ0v) is 13.8. The van der Waals surface area contributed by atoms with Gasteiger partial charge in [0, 0.05) is 24.5 Å². The quantitative estimate of drug-likeness (QED) is 0.763. The number of benzene rings is 1. The number of anilines is 1. The topological polar surface area (TPSA) is 43.4 Å². The molecule has 0 atom stereocenters. The fourth-order valence-corrected chi connectivity index (χ4v) is 2.53. The second-order valence-corrected chi connectivity index (χ2v) is 5.55. The van der Waals surface area contributed by atoms with Gasteiger partial charge in [-0.15, -0.1) is 0 Å². The van der Waals surface area contributed by atoms with Crippen LogP contribution in [0, 0.1) is 0 Å². The normalized spacial score (nSPS) is 13.4. The third-order valence-corrected chi connectivity index (χ3v) is 3.82. The van der Waals surface area contributed by atoms with E-state index in [1.165, 1.54) is 17.8 Å². The number of pyridine rings is 1. The molecule has 25 heavy (non-hydrogen) atoms. The highest BCUT2D eigenvalue weighted by molar-refractivity contribution is 5.77. The Labute approximate surface area is 143 Å². The molecule has 4 nitrogen and oxygen atoms in total. The Kier molecular flexibility index (Phi) is 4.57. The summed E-state index contributed by atoms with van der Waals surface area (Å²) in [5, 5.41) is 3.05. The maximum absolute atomic E-state index is 13.1. The van der Waals surface area contributed by atoms with Crippen LogP contribution in [0.2, 0.25) is 0 Å². The lowest BCUT2D eigenvalue weighted by Gasteiger charge is -2.15. The molecule has 132 valence electrons. The highest BCUT2D eigenvalue weighted by Crippen LogP contribution is 2.41. The Morgan fingerprint density at radius 2 is 1.96 bits per heavy atom. The van der Waals surface area contributed by atoms with Crippen LogP contribution < -0.4 is 10.1 Å². The molecule has 0 amide bonds. The molecule has 1 aromatic carbocycles. The second kappa shape index (κ2) is 6.66. The van der Waals surface area contributed by atoms with Crippen molar-refractivity contribution >= 4 is 11.4 Å². The van der Waals surface area contributed by atoms with Crippen LogP contribution in [0.4, 0.5) is 18.9 Å². The number of halogens is 3. The van der Waals surface area contributed by atoms with Crippen molar-refractivity contribution in [2.75, 3.05) is 19.5 Å². The first kappa shape index (κ1) is 17.1. The van der Waals surface area contributed by atoms with E-state index in [-0.39, 0.29) is 5.75 Å². The van der Waals surface area contributed by atoms with Gasteiger partial charge in [-0.2, -0.15) is 13.2 Å². The summed E-state index contributed by atoms with van der Waals surface area (Å²) in [6, 6.07) is 7.16. The lowest BCUT2D eigenvalue weighted by atomic mass is 10.1. The summed E-state index contributed by atoms with van der Waals surface area (Å²) in [6.07, 6.45) is -1.36. The van der Waals surface area contributed by atoms with Crippen molar-refractivity contribution in [3.8, 4) is 11.6 Å². The molecule has 7 heteroatoms. The first-order valence-electron chi connectivity index (χ1n) is 7.72. The van der Waals surface area contributed by atoms with Crippen LogP contribution in [0.3, 0.4) is 0 Å². The van der Waals surface area contributed by atoms with Gasteiger partial charge >= 0.3 is 6.18 Å². The van der Waals surface area contributed by atoms with Crippen LogP contribution in [0.5, 0.6) is 11.6 Å². The Bertz CT molecular complexity index is 810. The molecule has 0 unspecified atom stereocenters. The third-order valence-electron chi connectivity index (χ3n) is 3.82. The SMILES string of the molecule is CNc1ccc(Oc2ncccc2C(F)(F)F)cc1C(OC)=C1CC1. The molecule has 1 heterocycles. The van der Waals surface area contributed by atoms with Crippen LogP contribution >= 0.6 is 0 Å². The van der Waals surface area contributed by atoms with E-state index in [4.69, 9.17) is 9.47 Å². The number of rotatable bonds is 5. The van der Waals surface area contributed by atoms with E-state index in [0.29, 0.717) is 0 Å². The Hall–Kier alpha value is -2.70. The maximum Gasteiger partial charge on any atom is 0.421 e. The Morgan fingerprint density at radius 1 is 1.20 bits per heavy atom. The zero-order chi connectivity index (χ0) is 18.0. The van der Waals surface area contributed by atoms with Gasteiger partial charge in [0.1, 0.15) is 17.1 Å². The van der Waals surface area contributed by atoms with Crippen molar-refractivity contribution in [1.82, 2.24) is 4.98 Å². The molecule has 0 saturated heterocycles. The molecule has 1 aromatic heterocycles. The molecule has 0 spiro atoms. The Morgan fingerprint density at radius 3 is 2.56 bits per heavy atom. The number of nitrogens with one attached hydrogen (secondary N) is 1. The van der Waals surface area contributed by atoms with E-state index in [9.17, 15) is 13.2 Å². The monoisotopic (exact) mass is 350 g/mol. The summed E-state index contributed by atoms with van der Waals surface area (Å²) >= 11 is 0. The van der Waals surface area contributed by atoms with Crippen LogP contribution in [-0.2, 0) is 10.9 Å². The third kappa shape index (κ3) is 3.70. The molecule has 0 bridgehead atoms. The number of hydrogen-bond acceptors (Lipinski definition) is 4. The first-order chi connectivity index (χ1) is 11.9. The zero-order valence-electron chi connectivity index (χ0n) is 13.8. The molecule has 2 aromatic rings. The molecule has 1 saturated carbocycles. The molecule has 1 aliphatic rings. The van der Waals surface area contributed by atoms with E-state index in [1.807, 2.05) is 0 Å². The van der Waals surface area contributed by atoms with Gasteiger partial charge in [-0.05, 0) is 48.7 Å². The number of alkyl halides is 3. The van der Waals surface area contributed by atoms with E-state index < -0.39 is 17.6 Å². The largest absolute Gasteiger partial charge is 0.496 e. The lowest BCUT2D eigenvalue weighted by Crippen LogP contribution is -2.08. The first-order valence-corrected chi connectivity index (χ1v) is 7.72. The summed E-state index contributed by atoms with van der Waals surface area (Å²) in [6.45, 7) is 0. The van der Waals surface area contributed by atoms with Crippen molar-refractivity contribution in [2.24, 2.45) is 0 Å². The maximum atomic E-state index is 13.1. The minimum Gasteiger partial charge on any atom is -0.496 e. The summed E-state index contributed by atoms with van der Waals surface area (Å²) < 4.78 is 50.2. The predicted octanol–water partition coefficient (Wildman–Crippen LogP) is 5.09. The van der Waals surface area contributed by atoms with Crippen LogP contribution in [0.1, 0.15) is 24.0 Å². The molecule has 0 aliphatic heterocycles. The average Bonchev–Trinajstić information content (AvgIpc) is 3.40. The van der Waals surface area contributed by atoms with Crippen LogP contribution in [0.15, 0.2) is 42.1 Å². The summed E-state index contributed by atoms with van der Waals surface area (Å²) in [5.41, 5.74) is 1.81. The summed E-state index contributed by atoms with van der Waals surface area (Å²) in [7, 11) is 3.35. The van der Waals surface area contributed by atoms with Gasteiger partial charge in [-0.1, -0.05) is 0 Å². The van der Waals surface area contributed by atoms with Crippen molar-refractivity contribution in [2.45, 2.75) is 19.0 Å². The fraction of sp³-hybridized carbons (Fsp3) is 0.278. The summed E-state index contributed by atoms with van der Waals surface area (Å²) in [5.74, 6) is 0.511. The van der Waals surface area contributed by atoms with E-state index in [0.717, 1.165) is 35.9 Å². The number of aromatic nitrogens is 1. The van der Waals surface area contributed by atoms with Crippen molar-refractivity contribution in [3.05, 3.63) is 53.2 Å². The molecular weight excluding hydrogens is 333 g/mol. The van der Waals surface area contributed by atoms with E-state index in [2.05, 4.69) is 10.3 Å². The number of nitrogens with zero attached hydrogens (tertiary/aromatic N) is 1. The van der Waals surface area contributed by atoms with Crippen LogP contribution in [0.25, 0.3) is 5.76 Å². The minimum absolute atomic E-state index is 0.258. The van der Waals surface area contributed by atoms with Crippen molar-refractivity contribution < 1.29 is 22.6 Å². The van der Waals surface area contributed by atoms with Gasteiger partial charge in [0.05, 0.1) is 7.11 Å². The Balaban J connectivity index is 1.99. The number of ether oxygens (including phenoxy) is 2. The highest BCUT2D eigenvalue weighted by Gasteiger charge is 2.35. The molecule has 3 rings (SSSR count). The standard InChI is InChI=1S/C18H17F3N2O2/c1-22-15-8-7-12(10-13(15)16(24-2)11-5-6-11)25-17-14(18(19,20)21)4-3-9-23-17/h3-4,7-10,22H,5-6H2,1-2H3. The summed E-state index contributed by atoms with van der Waals surface area (Å²) in [4.78, 5) is 3.72. The fourth-order valence-electron chi connectivity index (χ4n) is 2.53. The molecule has 1 N–H and O–H groups in total. The van der Waals surface area contributed by atoms with E-state index >= 15 is 0 Å². The van der Waals surface area contributed by atoms with Crippen molar-refractivity contribution in [3.63, 3.8) is 0 Å². The minimum atomic E-state index is -4.54. The highest BCUT2D eigenvalue weighted by atomic mass is 19.4. The van der Waals surface area contributed by atoms with Gasteiger partial charge in [0.15, 0.2) is 0 Å². The van der Waals surface area contributed by atoms with Gasteiger partial charge < -0.3 is 14.8 Å². The molecule has 0 radical (unpaired) electrons. The second-order valence-electron chi connectivity index (χ2n) is 5.55. The number of allylic oxidation sites excluding steroid dienone is 1. The predicted molar refractivity (Wildman–Crippen MR) is 88.5 cm³/mol. The molecular formula is C18H17F3N2O2. The molecule has 1 fully saturated rings. The van der Waals surface area contributed by atoms with Gasteiger partial charge in [0.2, 0.25) is 5.88 Å². The van der Waals surface area contributed by atoms with Crippen LogP contribution in [-0.4, -0.2) is 19.1 Å². The van der Waals surface area contributed by atoms with Gasteiger partial charge in [-0.25, -0.2) is 4.98 Å². The smallest absolute Gasteiger partial charge is 0.421 e. The average molecular weight is 350 g/mol. The van der Waals surface area contributed by atoms with Gasteiger partial charge in [-0.3, -0.25) is 0 Å². The number of methoxy groups -OCH3 is 1. The van der Waals surface area contributed by atoms with Gasteiger partial charge in [0.25, 0.3) is 0 Å². The lowest BCUT2D eigenvalue weighted by molar-refractivity contribution is -0.138. The molecule has 1 aliphatic carbocycles. The van der Waals surface area contributed by atoms with Crippen molar-refractivity contribution in [1.29, 1.82) is 0 Å². The van der Waals surface area contributed by atoms with E-state index in [1.54, 1.807) is 32.4 Å². The number of hydrogen-bond donors (Lipinski definition) is 1.